The highest BCUT2D eigenvalue weighted by atomic mass is 32.2. The van der Waals surface area contributed by atoms with Crippen molar-refractivity contribution in [1.82, 2.24) is 9.71 Å². The van der Waals surface area contributed by atoms with Gasteiger partial charge in [-0.25, -0.2) is 13.1 Å². The van der Waals surface area contributed by atoms with E-state index in [1.54, 1.807) is 36.2 Å². The van der Waals surface area contributed by atoms with Crippen LogP contribution in [0.5, 0.6) is 0 Å². The molecule has 0 spiro atoms. The van der Waals surface area contributed by atoms with E-state index < -0.39 is 10.0 Å². The van der Waals surface area contributed by atoms with Gasteiger partial charge in [-0.1, -0.05) is 18.2 Å². The Balaban J connectivity index is 2.41. The van der Waals surface area contributed by atoms with E-state index in [0.29, 0.717) is 12.1 Å². The largest absolute Gasteiger partial charge is 0.255 e. The van der Waals surface area contributed by atoms with Crippen molar-refractivity contribution in [3.63, 3.8) is 0 Å². The van der Waals surface area contributed by atoms with Gasteiger partial charge in [0.2, 0.25) is 10.0 Å². The summed E-state index contributed by atoms with van der Waals surface area (Å²) in [4.78, 5) is 4.39. The molecule has 0 saturated heterocycles. The molecule has 2 aromatic rings. The maximum Gasteiger partial charge on any atom is 0.242 e. The summed E-state index contributed by atoms with van der Waals surface area (Å²) in [6.45, 7) is 0.423. The highest BCUT2D eigenvalue weighted by Gasteiger charge is 2.16. The number of hydrogen-bond acceptors (Lipinski definition) is 4. The first kappa shape index (κ1) is 13.3. The van der Waals surface area contributed by atoms with Gasteiger partial charge in [-0.05, 0) is 18.4 Å². The number of aromatic nitrogens is 1. The number of fused-ring (bicyclic) bond motifs is 1. The molecule has 0 amide bonds. The van der Waals surface area contributed by atoms with E-state index in [0.717, 1.165) is 11.1 Å². The zero-order valence-electron chi connectivity index (χ0n) is 9.96. The van der Waals surface area contributed by atoms with Crippen LogP contribution in [0.3, 0.4) is 0 Å². The molecule has 0 aliphatic rings. The third-order valence-corrected chi connectivity index (χ3v) is 4.59. The van der Waals surface area contributed by atoms with Gasteiger partial charge in [0, 0.05) is 23.9 Å². The predicted molar refractivity (Wildman–Crippen MR) is 75.3 cm³/mol. The number of benzene rings is 1. The fourth-order valence-electron chi connectivity index (χ4n) is 1.65. The second-order valence-electron chi connectivity index (χ2n) is 3.72. The second-order valence-corrected chi connectivity index (χ2v) is 6.44. The molecule has 0 aliphatic heterocycles. The third-order valence-electron chi connectivity index (χ3n) is 2.48. The van der Waals surface area contributed by atoms with Crippen LogP contribution in [0, 0.1) is 0 Å². The first-order valence-electron chi connectivity index (χ1n) is 5.47. The molecule has 0 unspecified atom stereocenters. The molecule has 4 nitrogen and oxygen atoms in total. The number of nitrogens with zero attached hydrogens (tertiary/aromatic N) is 1. The fraction of sp³-hybridized carbons (Fsp3) is 0.250. The molecular weight excluding hydrogens is 268 g/mol. The molecule has 0 atom stereocenters. The van der Waals surface area contributed by atoms with Crippen LogP contribution in [-0.2, 0) is 10.0 Å². The number of rotatable bonds is 5. The van der Waals surface area contributed by atoms with Crippen LogP contribution in [0.4, 0.5) is 0 Å². The summed E-state index contributed by atoms with van der Waals surface area (Å²) < 4.78 is 26.9. The topological polar surface area (TPSA) is 59.1 Å². The lowest BCUT2D eigenvalue weighted by atomic mass is 10.2. The van der Waals surface area contributed by atoms with E-state index in [2.05, 4.69) is 9.71 Å². The molecule has 96 valence electrons. The molecule has 0 aliphatic carbocycles. The first-order valence-corrected chi connectivity index (χ1v) is 8.35. The smallest absolute Gasteiger partial charge is 0.242 e. The van der Waals surface area contributed by atoms with E-state index in [9.17, 15) is 8.42 Å². The van der Waals surface area contributed by atoms with Crippen molar-refractivity contribution in [2.45, 2.75) is 4.90 Å². The van der Waals surface area contributed by atoms with Crippen molar-refractivity contribution in [3.8, 4) is 0 Å². The van der Waals surface area contributed by atoms with Gasteiger partial charge in [-0.2, -0.15) is 11.8 Å². The maximum atomic E-state index is 12.2. The predicted octanol–water partition coefficient (Wildman–Crippen LogP) is 1.88. The third kappa shape index (κ3) is 2.82. The highest BCUT2D eigenvalue weighted by molar-refractivity contribution is 7.98. The average Bonchev–Trinajstić information content (AvgIpc) is 2.38. The molecule has 2 rings (SSSR count). The van der Waals surface area contributed by atoms with Gasteiger partial charge in [0.25, 0.3) is 0 Å². The van der Waals surface area contributed by atoms with Crippen LogP contribution in [-0.4, -0.2) is 32.0 Å². The summed E-state index contributed by atoms with van der Waals surface area (Å²) in [5, 5.41) is 0.824. The summed E-state index contributed by atoms with van der Waals surface area (Å²) >= 11 is 1.60. The number of hydrogen-bond donors (Lipinski definition) is 1. The minimum atomic E-state index is -3.48. The van der Waals surface area contributed by atoms with E-state index in [1.807, 2.05) is 18.4 Å². The quantitative estimate of drug-likeness (QED) is 0.851. The minimum absolute atomic E-state index is 0.238. The van der Waals surface area contributed by atoms with Gasteiger partial charge in [0.15, 0.2) is 0 Å². The Labute approximate surface area is 111 Å². The zero-order chi connectivity index (χ0) is 13.0. The van der Waals surface area contributed by atoms with E-state index in [4.69, 9.17) is 0 Å². The van der Waals surface area contributed by atoms with Crippen molar-refractivity contribution < 1.29 is 8.42 Å². The summed E-state index contributed by atoms with van der Waals surface area (Å²) in [6, 6.07) is 8.80. The molecular formula is C12H14N2O2S2. The Morgan fingerprint density at radius 1 is 1.28 bits per heavy atom. The van der Waals surface area contributed by atoms with Crippen molar-refractivity contribution in [2.24, 2.45) is 0 Å². The Bertz CT molecular complexity index is 636. The summed E-state index contributed by atoms with van der Waals surface area (Å²) in [6.07, 6.45) is 3.54. The lowest BCUT2D eigenvalue weighted by Gasteiger charge is -2.08. The van der Waals surface area contributed by atoms with Gasteiger partial charge in [-0.15, -0.1) is 0 Å². The Morgan fingerprint density at radius 3 is 2.83 bits per heavy atom. The van der Waals surface area contributed by atoms with Gasteiger partial charge >= 0.3 is 0 Å². The van der Waals surface area contributed by atoms with Crippen LogP contribution in [0.2, 0.25) is 0 Å². The molecule has 0 radical (unpaired) electrons. The first-order chi connectivity index (χ1) is 8.65. The van der Waals surface area contributed by atoms with E-state index >= 15 is 0 Å². The molecule has 1 aromatic carbocycles. The van der Waals surface area contributed by atoms with Crippen LogP contribution >= 0.6 is 11.8 Å². The van der Waals surface area contributed by atoms with Crippen LogP contribution < -0.4 is 4.72 Å². The lowest BCUT2D eigenvalue weighted by Crippen LogP contribution is -2.26. The number of sulfonamides is 1. The zero-order valence-corrected chi connectivity index (χ0v) is 11.6. The molecule has 18 heavy (non-hydrogen) atoms. The minimum Gasteiger partial charge on any atom is -0.255 e. The van der Waals surface area contributed by atoms with Gasteiger partial charge < -0.3 is 0 Å². The monoisotopic (exact) mass is 282 g/mol. The van der Waals surface area contributed by atoms with Gasteiger partial charge in [0.05, 0.1) is 5.52 Å². The molecule has 1 aromatic heterocycles. The van der Waals surface area contributed by atoms with Crippen molar-refractivity contribution >= 4 is 32.7 Å². The lowest BCUT2D eigenvalue weighted by molar-refractivity contribution is 0.585. The SMILES string of the molecule is CSCCNS(=O)(=O)c1cccc2cccnc12. The molecule has 6 heteroatoms. The maximum absolute atomic E-state index is 12.2. The van der Waals surface area contributed by atoms with Crippen molar-refractivity contribution in [2.75, 3.05) is 18.6 Å². The normalized spacial score (nSPS) is 11.8. The van der Waals surface area contributed by atoms with Crippen LogP contribution in [0.25, 0.3) is 10.9 Å². The van der Waals surface area contributed by atoms with Crippen LogP contribution in [0.1, 0.15) is 0 Å². The summed E-state index contributed by atoms with van der Waals surface area (Å²) in [5.41, 5.74) is 0.511. The molecule has 0 saturated carbocycles. The van der Waals surface area contributed by atoms with Crippen LogP contribution in [0.15, 0.2) is 41.4 Å². The van der Waals surface area contributed by atoms with Crippen molar-refractivity contribution in [3.05, 3.63) is 36.5 Å². The highest BCUT2D eigenvalue weighted by Crippen LogP contribution is 2.20. The number of para-hydroxylation sites is 1. The molecule has 1 heterocycles. The van der Waals surface area contributed by atoms with E-state index in [1.165, 1.54) is 0 Å². The fourth-order valence-corrected chi connectivity index (χ4v) is 3.29. The average molecular weight is 282 g/mol. The van der Waals surface area contributed by atoms with Gasteiger partial charge in [0.1, 0.15) is 4.90 Å². The standard InChI is InChI=1S/C12H14N2O2S2/c1-17-9-8-14-18(15,16)11-6-2-4-10-5-3-7-13-12(10)11/h2-7,14H,8-9H2,1H3. The number of nitrogens with one attached hydrogen (secondary N) is 1. The number of pyridine rings is 1. The molecule has 0 fully saturated rings. The Kier molecular flexibility index (Phi) is 4.21. The van der Waals surface area contributed by atoms with Gasteiger partial charge in [-0.3, -0.25) is 4.98 Å². The molecule has 0 bridgehead atoms. The summed E-state index contributed by atoms with van der Waals surface area (Å²) in [7, 11) is -3.48. The second kappa shape index (κ2) is 5.69. The molecule has 1 N–H and O–H groups in total. The van der Waals surface area contributed by atoms with E-state index in [-0.39, 0.29) is 4.90 Å². The Hall–Kier alpha value is -1.11. The van der Waals surface area contributed by atoms with Crippen molar-refractivity contribution in [1.29, 1.82) is 0 Å². The number of thioether (sulfide) groups is 1. The summed E-state index contributed by atoms with van der Waals surface area (Å²) in [5.74, 6) is 0.747. The Morgan fingerprint density at radius 2 is 2.06 bits per heavy atom.